The third kappa shape index (κ3) is 4.54. The third-order valence-corrected chi connectivity index (χ3v) is 5.08. The van der Waals surface area contributed by atoms with E-state index in [1.54, 1.807) is 0 Å². The van der Waals surface area contributed by atoms with E-state index < -0.39 is 10.2 Å². The second kappa shape index (κ2) is 6.68. The molecule has 0 aliphatic heterocycles. The minimum absolute atomic E-state index is 0.198. The predicted molar refractivity (Wildman–Crippen MR) is 71.9 cm³/mol. The molecule has 0 radical (unpaired) electrons. The first kappa shape index (κ1) is 16.8. The fourth-order valence-corrected chi connectivity index (χ4v) is 3.43. The van der Waals surface area contributed by atoms with Gasteiger partial charge in [0.2, 0.25) is 0 Å². The summed E-state index contributed by atoms with van der Waals surface area (Å²) in [5.74, 6) is 0. The smallest absolute Gasteiger partial charge is 0.281 e. The normalized spacial score (nSPS) is 13.6. The maximum absolute atomic E-state index is 12.3. The van der Waals surface area contributed by atoms with Crippen molar-refractivity contribution >= 4 is 10.2 Å². The van der Waals surface area contributed by atoms with Gasteiger partial charge >= 0.3 is 0 Å². The SMILES string of the molecule is CCN(CC)S(=O)(=O)N(CC)CC(C)(C)CN. The molecule has 0 aliphatic rings. The molecular formula is C11H27N3O2S. The Kier molecular flexibility index (Phi) is 6.61. The minimum atomic E-state index is -3.35. The maximum atomic E-state index is 12.3. The van der Waals surface area contributed by atoms with Crippen LogP contribution < -0.4 is 5.73 Å². The van der Waals surface area contributed by atoms with Crippen molar-refractivity contribution in [3.63, 3.8) is 0 Å². The molecule has 0 aliphatic carbocycles. The predicted octanol–water partition coefficient (Wildman–Crippen LogP) is 0.880. The van der Waals surface area contributed by atoms with Gasteiger partial charge in [0.1, 0.15) is 0 Å². The summed E-state index contributed by atoms with van der Waals surface area (Å²) in [6.07, 6.45) is 0. The lowest BCUT2D eigenvalue weighted by Gasteiger charge is -2.33. The first-order chi connectivity index (χ1) is 7.75. The Balaban J connectivity index is 4.99. The van der Waals surface area contributed by atoms with Crippen molar-refractivity contribution in [2.75, 3.05) is 32.7 Å². The molecule has 0 heterocycles. The molecule has 0 unspecified atom stereocenters. The van der Waals surface area contributed by atoms with Gasteiger partial charge in [-0.1, -0.05) is 34.6 Å². The molecule has 0 fully saturated rings. The Bertz CT molecular complexity index is 311. The molecule has 0 bridgehead atoms. The van der Waals surface area contributed by atoms with E-state index >= 15 is 0 Å². The van der Waals surface area contributed by atoms with Gasteiger partial charge in [-0.05, 0) is 12.0 Å². The van der Waals surface area contributed by atoms with Crippen molar-refractivity contribution in [2.45, 2.75) is 34.6 Å². The number of hydrogen-bond donors (Lipinski definition) is 1. The van der Waals surface area contributed by atoms with Gasteiger partial charge in [0.15, 0.2) is 0 Å². The third-order valence-electron chi connectivity index (χ3n) is 2.87. The van der Waals surface area contributed by atoms with Crippen LogP contribution in [0.2, 0.25) is 0 Å². The molecule has 0 aromatic carbocycles. The van der Waals surface area contributed by atoms with Gasteiger partial charge in [-0.2, -0.15) is 17.0 Å². The van der Waals surface area contributed by atoms with E-state index in [1.165, 1.54) is 8.61 Å². The maximum Gasteiger partial charge on any atom is 0.281 e. The van der Waals surface area contributed by atoms with E-state index in [9.17, 15) is 8.42 Å². The summed E-state index contributed by atoms with van der Waals surface area (Å²) in [5.41, 5.74) is 5.46. The van der Waals surface area contributed by atoms with E-state index in [1.807, 2.05) is 34.6 Å². The Morgan fingerprint density at radius 3 is 1.71 bits per heavy atom. The van der Waals surface area contributed by atoms with Crippen molar-refractivity contribution in [2.24, 2.45) is 11.1 Å². The van der Waals surface area contributed by atoms with Crippen molar-refractivity contribution in [3.8, 4) is 0 Å². The van der Waals surface area contributed by atoms with Crippen LogP contribution in [0.4, 0.5) is 0 Å². The van der Waals surface area contributed by atoms with Crippen LogP contribution in [0.3, 0.4) is 0 Å². The van der Waals surface area contributed by atoms with Crippen molar-refractivity contribution < 1.29 is 8.42 Å². The molecule has 0 atom stereocenters. The van der Waals surface area contributed by atoms with Crippen LogP contribution in [-0.2, 0) is 10.2 Å². The van der Waals surface area contributed by atoms with E-state index in [2.05, 4.69) is 0 Å². The molecule has 0 saturated heterocycles. The molecule has 2 N–H and O–H groups in total. The van der Waals surface area contributed by atoms with Gasteiger partial charge in [-0.3, -0.25) is 0 Å². The summed E-state index contributed by atoms with van der Waals surface area (Å²) < 4.78 is 27.6. The van der Waals surface area contributed by atoms with E-state index in [0.29, 0.717) is 32.7 Å². The van der Waals surface area contributed by atoms with Crippen molar-refractivity contribution in [3.05, 3.63) is 0 Å². The minimum Gasteiger partial charge on any atom is -0.330 e. The van der Waals surface area contributed by atoms with Crippen LogP contribution in [0.1, 0.15) is 34.6 Å². The quantitative estimate of drug-likeness (QED) is 0.708. The summed E-state index contributed by atoms with van der Waals surface area (Å²) >= 11 is 0. The number of rotatable bonds is 8. The highest BCUT2D eigenvalue weighted by Gasteiger charge is 2.30. The molecule has 0 amide bonds. The number of hydrogen-bond acceptors (Lipinski definition) is 3. The molecule has 5 nitrogen and oxygen atoms in total. The van der Waals surface area contributed by atoms with Gasteiger partial charge in [-0.25, -0.2) is 0 Å². The Morgan fingerprint density at radius 2 is 1.41 bits per heavy atom. The zero-order chi connectivity index (χ0) is 13.7. The lowest BCUT2D eigenvalue weighted by Crippen LogP contribution is -2.48. The molecule has 6 heteroatoms. The van der Waals surface area contributed by atoms with E-state index in [4.69, 9.17) is 5.73 Å². The molecule has 0 aromatic heterocycles. The van der Waals surface area contributed by atoms with Crippen LogP contribution in [0.5, 0.6) is 0 Å². The largest absolute Gasteiger partial charge is 0.330 e. The molecule has 0 rings (SSSR count). The topological polar surface area (TPSA) is 66.6 Å². The highest BCUT2D eigenvalue weighted by Crippen LogP contribution is 2.18. The van der Waals surface area contributed by atoms with Crippen LogP contribution in [0.15, 0.2) is 0 Å². The Hall–Kier alpha value is -0.170. The molecule has 104 valence electrons. The van der Waals surface area contributed by atoms with Crippen LogP contribution >= 0.6 is 0 Å². The summed E-state index contributed by atoms with van der Waals surface area (Å²) in [4.78, 5) is 0. The van der Waals surface area contributed by atoms with E-state index in [0.717, 1.165) is 0 Å². The molecular weight excluding hydrogens is 238 g/mol. The highest BCUT2D eigenvalue weighted by molar-refractivity contribution is 7.86. The zero-order valence-electron chi connectivity index (χ0n) is 11.7. The molecule has 0 aromatic rings. The summed E-state index contributed by atoms with van der Waals surface area (Å²) in [6, 6.07) is 0. The van der Waals surface area contributed by atoms with Crippen LogP contribution in [0, 0.1) is 5.41 Å². The van der Waals surface area contributed by atoms with Crippen LogP contribution in [-0.4, -0.2) is 49.8 Å². The van der Waals surface area contributed by atoms with Gasteiger partial charge in [0, 0.05) is 26.2 Å². The van der Waals surface area contributed by atoms with Gasteiger partial charge in [-0.15, -0.1) is 0 Å². The zero-order valence-corrected chi connectivity index (χ0v) is 12.5. The average Bonchev–Trinajstić information content (AvgIpc) is 2.27. The number of nitrogens with two attached hydrogens (primary N) is 1. The lowest BCUT2D eigenvalue weighted by molar-refractivity contribution is 0.257. The van der Waals surface area contributed by atoms with Gasteiger partial charge < -0.3 is 5.73 Å². The van der Waals surface area contributed by atoms with Crippen molar-refractivity contribution in [1.29, 1.82) is 0 Å². The summed E-state index contributed by atoms with van der Waals surface area (Å²) in [7, 11) is -3.35. The fourth-order valence-electron chi connectivity index (χ4n) is 1.61. The molecule has 0 saturated carbocycles. The number of nitrogens with zero attached hydrogens (tertiary/aromatic N) is 2. The highest BCUT2D eigenvalue weighted by atomic mass is 32.2. The average molecular weight is 265 g/mol. The monoisotopic (exact) mass is 265 g/mol. The summed E-state index contributed by atoms with van der Waals surface area (Å²) in [5, 5.41) is 0. The molecule has 17 heavy (non-hydrogen) atoms. The fraction of sp³-hybridized carbons (Fsp3) is 1.00. The lowest BCUT2D eigenvalue weighted by atomic mass is 9.94. The standard InChI is InChI=1S/C11H27N3O2S/c1-6-13(7-2)17(15,16)14(8-3)10-11(4,5)9-12/h6-10,12H2,1-5H3. The second-order valence-electron chi connectivity index (χ2n) is 4.89. The summed E-state index contributed by atoms with van der Waals surface area (Å²) in [6.45, 7) is 11.9. The van der Waals surface area contributed by atoms with Gasteiger partial charge in [0.25, 0.3) is 10.2 Å². The second-order valence-corrected chi connectivity index (χ2v) is 6.82. The first-order valence-electron chi connectivity index (χ1n) is 6.20. The van der Waals surface area contributed by atoms with E-state index in [-0.39, 0.29) is 5.41 Å². The Morgan fingerprint density at radius 1 is 1.00 bits per heavy atom. The Labute approximate surface area is 106 Å². The van der Waals surface area contributed by atoms with Crippen LogP contribution in [0.25, 0.3) is 0 Å². The molecule has 0 spiro atoms. The first-order valence-corrected chi connectivity index (χ1v) is 7.60. The van der Waals surface area contributed by atoms with Gasteiger partial charge in [0.05, 0.1) is 0 Å². The van der Waals surface area contributed by atoms with Crippen molar-refractivity contribution in [1.82, 2.24) is 8.61 Å².